The van der Waals surface area contributed by atoms with Gasteiger partial charge in [-0.2, -0.15) is 0 Å². The Morgan fingerprint density at radius 2 is 2.11 bits per heavy atom. The van der Waals surface area contributed by atoms with E-state index in [1.54, 1.807) is 12.0 Å². The summed E-state index contributed by atoms with van der Waals surface area (Å²) in [6.45, 7) is 2.81. The van der Waals surface area contributed by atoms with E-state index >= 15 is 0 Å². The van der Waals surface area contributed by atoms with E-state index in [0.717, 1.165) is 11.3 Å². The molecule has 98 valence electrons. The van der Waals surface area contributed by atoms with Crippen molar-refractivity contribution in [2.24, 2.45) is 5.73 Å². The molecule has 5 heteroatoms. The van der Waals surface area contributed by atoms with Crippen molar-refractivity contribution in [2.75, 3.05) is 20.2 Å². The predicted octanol–water partition coefficient (Wildman–Crippen LogP) is 1.37. The molecule has 18 heavy (non-hydrogen) atoms. The summed E-state index contributed by atoms with van der Waals surface area (Å²) in [5, 5.41) is 0. The minimum absolute atomic E-state index is 0.00481. The lowest BCUT2D eigenvalue weighted by molar-refractivity contribution is -0.129. The smallest absolute Gasteiger partial charge is 0.227 e. The van der Waals surface area contributed by atoms with Crippen LogP contribution in [0.5, 0.6) is 5.75 Å². The highest BCUT2D eigenvalue weighted by Crippen LogP contribution is 2.18. The zero-order chi connectivity index (χ0) is 13.5. The van der Waals surface area contributed by atoms with Crippen LogP contribution >= 0.6 is 12.2 Å². The van der Waals surface area contributed by atoms with Crippen molar-refractivity contribution >= 4 is 23.1 Å². The fraction of sp³-hybridized carbons (Fsp3) is 0.385. The van der Waals surface area contributed by atoms with E-state index in [1.807, 2.05) is 31.2 Å². The molecule has 4 nitrogen and oxygen atoms in total. The van der Waals surface area contributed by atoms with Crippen LogP contribution in [0.2, 0.25) is 0 Å². The molecule has 0 aliphatic heterocycles. The molecule has 1 aromatic rings. The number of nitrogens with two attached hydrogens (primary N) is 1. The van der Waals surface area contributed by atoms with Crippen LogP contribution in [0.25, 0.3) is 0 Å². The number of benzene rings is 1. The van der Waals surface area contributed by atoms with Crippen LogP contribution in [0.3, 0.4) is 0 Å². The number of carbonyl (C=O) groups excluding carboxylic acids is 1. The molecule has 0 spiro atoms. The quantitative estimate of drug-likeness (QED) is 0.790. The van der Waals surface area contributed by atoms with E-state index < -0.39 is 0 Å². The van der Waals surface area contributed by atoms with Crippen LogP contribution < -0.4 is 10.5 Å². The van der Waals surface area contributed by atoms with Crippen molar-refractivity contribution in [2.45, 2.75) is 13.3 Å². The van der Waals surface area contributed by atoms with E-state index in [2.05, 4.69) is 0 Å². The van der Waals surface area contributed by atoms with Gasteiger partial charge in [-0.05, 0) is 13.0 Å². The summed E-state index contributed by atoms with van der Waals surface area (Å²) >= 11 is 4.83. The first-order valence-corrected chi connectivity index (χ1v) is 6.17. The molecule has 2 N–H and O–H groups in total. The summed E-state index contributed by atoms with van der Waals surface area (Å²) in [7, 11) is 1.59. The molecule has 0 aromatic heterocycles. The largest absolute Gasteiger partial charge is 0.496 e. The van der Waals surface area contributed by atoms with Gasteiger partial charge in [-0.25, -0.2) is 0 Å². The Morgan fingerprint density at radius 1 is 1.44 bits per heavy atom. The molecule has 0 radical (unpaired) electrons. The standard InChI is InChI=1S/C13H18N2O2S/c1-3-15(9-12(14)18)13(16)8-10-6-4-5-7-11(10)17-2/h4-7H,3,8-9H2,1-2H3,(H2,14,18). The second-order valence-corrected chi connectivity index (χ2v) is 4.39. The van der Waals surface area contributed by atoms with Gasteiger partial charge >= 0.3 is 0 Å². The fourth-order valence-electron chi connectivity index (χ4n) is 1.69. The number of para-hydroxylation sites is 1. The zero-order valence-electron chi connectivity index (χ0n) is 10.7. The van der Waals surface area contributed by atoms with E-state index in [-0.39, 0.29) is 5.91 Å². The number of rotatable bonds is 6. The first kappa shape index (κ1) is 14.4. The van der Waals surface area contributed by atoms with Gasteiger partial charge in [-0.15, -0.1) is 0 Å². The Bertz CT molecular complexity index is 435. The average Bonchev–Trinajstić information content (AvgIpc) is 2.36. The molecule has 0 saturated carbocycles. The molecule has 0 fully saturated rings. The Morgan fingerprint density at radius 3 is 2.67 bits per heavy atom. The molecule has 0 unspecified atom stereocenters. The predicted molar refractivity (Wildman–Crippen MR) is 75.7 cm³/mol. The lowest BCUT2D eigenvalue weighted by atomic mass is 10.1. The maximum atomic E-state index is 12.1. The number of nitrogens with zero attached hydrogens (tertiary/aromatic N) is 1. The summed E-state index contributed by atoms with van der Waals surface area (Å²) in [6, 6.07) is 7.48. The number of hydrogen-bond acceptors (Lipinski definition) is 3. The Hall–Kier alpha value is -1.62. The van der Waals surface area contributed by atoms with Crippen molar-refractivity contribution in [1.29, 1.82) is 0 Å². The number of hydrogen-bond donors (Lipinski definition) is 1. The van der Waals surface area contributed by atoms with Crippen LogP contribution in [0.4, 0.5) is 0 Å². The van der Waals surface area contributed by atoms with Gasteiger partial charge in [-0.1, -0.05) is 30.4 Å². The van der Waals surface area contributed by atoms with Crippen LogP contribution in [-0.2, 0) is 11.2 Å². The lowest BCUT2D eigenvalue weighted by Crippen LogP contribution is -2.38. The van der Waals surface area contributed by atoms with E-state index in [9.17, 15) is 4.79 Å². The minimum atomic E-state index is -0.00481. The molecular weight excluding hydrogens is 248 g/mol. The molecule has 0 bridgehead atoms. The Balaban J connectivity index is 2.76. The maximum Gasteiger partial charge on any atom is 0.227 e. The van der Waals surface area contributed by atoms with Gasteiger partial charge in [0.2, 0.25) is 5.91 Å². The number of ether oxygens (including phenoxy) is 1. The second-order valence-electron chi connectivity index (χ2n) is 3.86. The van der Waals surface area contributed by atoms with Crippen molar-refractivity contribution in [3.63, 3.8) is 0 Å². The first-order valence-electron chi connectivity index (χ1n) is 5.76. The number of likely N-dealkylation sites (N-methyl/N-ethyl adjacent to an activating group) is 1. The Labute approximate surface area is 113 Å². The van der Waals surface area contributed by atoms with Gasteiger partial charge in [0.25, 0.3) is 0 Å². The van der Waals surface area contributed by atoms with Gasteiger partial charge < -0.3 is 15.4 Å². The number of amides is 1. The SMILES string of the molecule is CCN(CC(N)=S)C(=O)Cc1ccccc1OC. The highest BCUT2D eigenvalue weighted by molar-refractivity contribution is 7.80. The monoisotopic (exact) mass is 266 g/mol. The molecule has 0 aliphatic carbocycles. The normalized spacial score (nSPS) is 9.89. The van der Waals surface area contributed by atoms with Gasteiger partial charge in [0.15, 0.2) is 0 Å². The highest BCUT2D eigenvalue weighted by Gasteiger charge is 2.15. The highest BCUT2D eigenvalue weighted by atomic mass is 32.1. The van der Waals surface area contributed by atoms with E-state index in [1.165, 1.54) is 0 Å². The molecular formula is C13H18N2O2S. The summed E-state index contributed by atoms with van der Waals surface area (Å²) in [6.07, 6.45) is 0.292. The topological polar surface area (TPSA) is 55.6 Å². The van der Waals surface area contributed by atoms with Crippen molar-refractivity contribution in [1.82, 2.24) is 4.90 Å². The second kappa shape index (κ2) is 6.96. The van der Waals surface area contributed by atoms with Crippen molar-refractivity contribution < 1.29 is 9.53 Å². The van der Waals surface area contributed by atoms with Gasteiger partial charge in [0.1, 0.15) is 5.75 Å². The third kappa shape index (κ3) is 4.00. The zero-order valence-corrected chi connectivity index (χ0v) is 11.5. The Kier molecular flexibility index (Phi) is 5.58. The number of carbonyl (C=O) groups is 1. The van der Waals surface area contributed by atoms with E-state index in [4.69, 9.17) is 22.7 Å². The van der Waals surface area contributed by atoms with Crippen LogP contribution in [0, 0.1) is 0 Å². The average molecular weight is 266 g/mol. The summed E-state index contributed by atoms with van der Waals surface area (Å²) in [4.78, 5) is 14.1. The lowest BCUT2D eigenvalue weighted by Gasteiger charge is -2.20. The molecule has 1 rings (SSSR count). The number of thiocarbonyl (C=S) groups is 1. The molecule has 0 atom stereocenters. The molecule has 1 amide bonds. The van der Waals surface area contributed by atoms with Crippen molar-refractivity contribution in [3.8, 4) is 5.75 Å². The maximum absolute atomic E-state index is 12.1. The first-order chi connectivity index (χ1) is 8.58. The third-order valence-corrected chi connectivity index (χ3v) is 2.74. The number of methoxy groups -OCH3 is 1. The molecule has 0 saturated heterocycles. The summed E-state index contributed by atoms with van der Waals surface area (Å²) in [5.41, 5.74) is 6.34. The molecule has 0 heterocycles. The minimum Gasteiger partial charge on any atom is -0.496 e. The third-order valence-electron chi connectivity index (χ3n) is 2.62. The van der Waals surface area contributed by atoms with Crippen LogP contribution in [0.15, 0.2) is 24.3 Å². The van der Waals surface area contributed by atoms with E-state index in [0.29, 0.717) is 24.5 Å². The summed E-state index contributed by atoms with van der Waals surface area (Å²) in [5.74, 6) is 0.715. The van der Waals surface area contributed by atoms with Crippen LogP contribution in [0.1, 0.15) is 12.5 Å². The van der Waals surface area contributed by atoms with Gasteiger partial charge in [-0.3, -0.25) is 4.79 Å². The van der Waals surface area contributed by atoms with Crippen molar-refractivity contribution in [3.05, 3.63) is 29.8 Å². The van der Waals surface area contributed by atoms with Crippen LogP contribution in [-0.4, -0.2) is 36.0 Å². The summed E-state index contributed by atoms with van der Waals surface area (Å²) < 4.78 is 5.22. The van der Waals surface area contributed by atoms with Gasteiger partial charge in [0.05, 0.1) is 25.1 Å². The molecule has 1 aromatic carbocycles. The fourth-order valence-corrected chi connectivity index (χ4v) is 1.84. The van der Waals surface area contributed by atoms with Gasteiger partial charge in [0, 0.05) is 12.1 Å². The molecule has 0 aliphatic rings.